The number of imidazole rings is 1. The van der Waals surface area contributed by atoms with Gasteiger partial charge in [0.15, 0.2) is 17.0 Å². The van der Waals surface area contributed by atoms with Gasteiger partial charge in [0.25, 0.3) is 0 Å². The van der Waals surface area contributed by atoms with Gasteiger partial charge in [-0.3, -0.25) is 9.36 Å². The zero-order chi connectivity index (χ0) is 31.8. The normalized spacial score (nSPS) is 22.3. The van der Waals surface area contributed by atoms with Gasteiger partial charge < -0.3 is 29.2 Å². The molecule has 5 atom stereocenters. The number of nitrogens with one attached hydrogen (secondary N) is 1. The molecule has 1 aliphatic heterocycles. The number of carbonyl (C=O) groups excluding carboxylic acids is 1. The van der Waals surface area contributed by atoms with Gasteiger partial charge in [-0.05, 0) is 44.0 Å². The smallest absolute Gasteiger partial charge is 0.323 e. The molecule has 236 valence electrons. The third-order valence-corrected chi connectivity index (χ3v) is 9.50. The quantitative estimate of drug-likeness (QED) is 0.166. The van der Waals surface area contributed by atoms with Crippen LogP contribution in [0.3, 0.4) is 0 Å². The van der Waals surface area contributed by atoms with Gasteiger partial charge in [0.05, 0.1) is 12.4 Å². The molecule has 2 aromatic carbocycles. The number of benzene rings is 2. The number of hydrogen-bond donors (Lipinski definition) is 2. The van der Waals surface area contributed by atoms with Crippen LogP contribution in [0, 0.1) is 5.92 Å². The van der Waals surface area contributed by atoms with Crippen LogP contribution in [0.25, 0.3) is 21.9 Å². The Hall–Kier alpha value is -3.42. The maximum atomic E-state index is 16.4. The van der Waals surface area contributed by atoms with Crippen LogP contribution >= 0.6 is 6.64 Å². The number of esters is 1. The van der Waals surface area contributed by atoms with E-state index in [0.29, 0.717) is 22.7 Å². The molecule has 12 nitrogen and oxygen atoms in total. The van der Waals surface area contributed by atoms with Gasteiger partial charge in [0.1, 0.15) is 24.6 Å². The molecule has 2 aromatic heterocycles. The number of nitrogens with two attached hydrogens (primary N) is 1. The molecule has 0 unspecified atom stereocenters. The van der Waals surface area contributed by atoms with E-state index in [1.165, 1.54) is 6.33 Å². The second-order valence-electron chi connectivity index (χ2n) is 11.4. The average molecular weight is 646 g/mol. The van der Waals surface area contributed by atoms with E-state index in [1.54, 1.807) is 36.3 Å². The molecule has 0 spiro atoms. The Morgan fingerprint density at radius 3 is 2.70 bits per heavy atom. The molecule has 15 heteroatoms. The number of nitrogens with zero attached hydrogens (tertiary/aromatic N) is 5. The molecule has 3 heterocycles. The molecule has 0 saturated carbocycles. The van der Waals surface area contributed by atoms with Gasteiger partial charge in [-0.25, -0.2) is 14.5 Å². The summed E-state index contributed by atoms with van der Waals surface area (Å²) in [5.74, 6) is -2.04. The highest BCUT2D eigenvalue weighted by atomic mass is 32.5. The predicted molar refractivity (Wildman–Crippen MR) is 170 cm³/mol. The molecule has 0 amide bonds. The lowest BCUT2D eigenvalue weighted by Crippen LogP contribution is -2.37. The number of carbonyl (C=O) groups is 1. The number of rotatable bonds is 11. The zero-order valence-corrected chi connectivity index (χ0v) is 27.1. The van der Waals surface area contributed by atoms with Crippen molar-refractivity contribution in [2.45, 2.75) is 58.3 Å². The molecule has 1 aliphatic rings. The number of halogens is 1. The molecular weight excluding hydrogens is 608 g/mol. The van der Waals surface area contributed by atoms with Gasteiger partial charge in [-0.1, -0.05) is 43.3 Å². The van der Waals surface area contributed by atoms with E-state index in [0.717, 1.165) is 10.8 Å². The monoisotopic (exact) mass is 645 g/mol. The van der Waals surface area contributed by atoms with Crippen LogP contribution < -0.4 is 20.2 Å². The van der Waals surface area contributed by atoms with Crippen LogP contribution in [0.5, 0.6) is 5.75 Å². The third-order valence-electron chi connectivity index (χ3n) is 7.04. The average Bonchev–Trinajstić information content (AvgIpc) is 3.51. The Labute approximate surface area is 260 Å². The Morgan fingerprint density at radius 2 is 1.98 bits per heavy atom. The van der Waals surface area contributed by atoms with Crippen molar-refractivity contribution in [3.63, 3.8) is 0 Å². The van der Waals surface area contributed by atoms with Crippen molar-refractivity contribution in [3.05, 3.63) is 48.8 Å². The largest absolute Gasteiger partial charge is 0.462 e. The summed E-state index contributed by atoms with van der Waals surface area (Å²) < 4.78 is 41.8. The van der Waals surface area contributed by atoms with E-state index in [4.69, 9.17) is 36.1 Å². The topological polar surface area (TPSA) is 139 Å². The van der Waals surface area contributed by atoms with Crippen LogP contribution in [-0.2, 0) is 30.6 Å². The second kappa shape index (κ2) is 12.5. The molecule has 3 N–H and O–H groups in total. The van der Waals surface area contributed by atoms with E-state index < -0.39 is 37.3 Å². The highest BCUT2D eigenvalue weighted by molar-refractivity contribution is 8.09. The molecule has 44 heavy (non-hydrogen) atoms. The van der Waals surface area contributed by atoms with Crippen molar-refractivity contribution in [1.29, 1.82) is 0 Å². The minimum absolute atomic E-state index is 0.00696. The van der Waals surface area contributed by atoms with Gasteiger partial charge >= 0.3 is 12.6 Å². The van der Waals surface area contributed by atoms with E-state index in [9.17, 15) is 4.79 Å². The number of ether oxygens (including phenoxy) is 2. The molecule has 0 bridgehead atoms. The predicted octanol–water partition coefficient (Wildman–Crippen LogP) is 5.10. The summed E-state index contributed by atoms with van der Waals surface area (Å²) in [6, 6.07) is 12.2. The first-order chi connectivity index (χ1) is 20.8. The number of fused-ring (bicyclic) bond motifs is 2. The van der Waals surface area contributed by atoms with Crippen LogP contribution in [0.1, 0.15) is 40.3 Å². The Bertz CT molecular complexity index is 1720. The Kier molecular flexibility index (Phi) is 9.11. The number of aromatic nitrogens is 4. The summed E-state index contributed by atoms with van der Waals surface area (Å²) in [6.07, 6.45) is 0.435. The number of nitrogen functional groups attached to an aromatic ring is 1. The minimum atomic E-state index is -3.56. The lowest BCUT2D eigenvalue weighted by Gasteiger charge is -2.29. The van der Waals surface area contributed by atoms with Crippen LogP contribution in [-0.4, -0.2) is 64.2 Å². The maximum absolute atomic E-state index is 16.4. The van der Waals surface area contributed by atoms with Crippen molar-refractivity contribution in [2.24, 2.45) is 5.92 Å². The fourth-order valence-electron chi connectivity index (χ4n) is 5.10. The van der Waals surface area contributed by atoms with Gasteiger partial charge in [-0.15, -0.1) is 0 Å². The first-order valence-corrected chi connectivity index (χ1v) is 16.9. The van der Waals surface area contributed by atoms with Crippen LogP contribution in [0.15, 0.2) is 48.8 Å². The SMILES string of the molecule is CC(C)OC(=O)[C@@H](C)N[P@@](=S)(OC[C@]1(F)C[C@H](C)[C@H](n2cnc3c(N(C)C)nc(N)nc32)O1)Oc1cccc2ccccc12. The fourth-order valence-corrected chi connectivity index (χ4v) is 7.52. The molecular formula is C29H37FN7O5PS. The number of hydrogen-bond acceptors (Lipinski definition) is 11. The van der Waals surface area contributed by atoms with E-state index in [-0.39, 0.29) is 24.4 Å². The first-order valence-electron chi connectivity index (χ1n) is 14.2. The molecule has 4 aromatic rings. The van der Waals surface area contributed by atoms with Crippen molar-refractivity contribution < 1.29 is 27.7 Å². The summed E-state index contributed by atoms with van der Waals surface area (Å²) in [5.41, 5.74) is 6.91. The van der Waals surface area contributed by atoms with E-state index in [2.05, 4.69) is 20.0 Å². The summed E-state index contributed by atoms with van der Waals surface area (Å²) in [6.45, 7) is 2.84. The van der Waals surface area contributed by atoms with Crippen molar-refractivity contribution >= 4 is 58.1 Å². The van der Waals surface area contributed by atoms with E-state index in [1.807, 2.05) is 57.4 Å². The van der Waals surface area contributed by atoms with Crippen molar-refractivity contribution in [1.82, 2.24) is 24.6 Å². The lowest BCUT2D eigenvalue weighted by molar-refractivity contribution is -0.172. The van der Waals surface area contributed by atoms with Crippen molar-refractivity contribution in [3.8, 4) is 5.75 Å². The van der Waals surface area contributed by atoms with Gasteiger partial charge in [0.2, 0.25) is 11.8 Å². The first kappa shape index (κ1) is 32.0. The standard InChI is InChI=1S/C29H37FN7O5PS/c1-17(2)40-27(38)19(4)35-43(44,42-22-13-9-11-20-10-7-8-12-21(20)22)39-15-29(30)14-18(3)26(41-29)37-16-32-23-24(36(5)6)33-28(31)34-25(23)37/h7-13,16-19,26H,14-15H2,1-6H3,(H,35,44)(H2,31,33,34)/t18-,19+,26+,29-,43+/m0/s1. The number of alkyl halides is 1. The van der Waals surface area contributed by atoms with E-state index >= 15 is 4.39 Å². The van der Waals surface area contributed by atoms with Gasteiger partial charge in [0, 0.05) is 31.8 Å². The van der Waals surface area contributed by atoms with Gasteiger partial charge in [-0.2, -0.15) is 9.97 Å². The summed E-state index contributed by atoms with van der Waals surface area (Å²) in [5, 5.41) is 4.70. The van der Waals surface area contributed by atoms with Crippen LogP contribution in [0.4, 0.5) is 16.2 Å². The van der Waals surface area contributed by atoms with Crippen molar-refractivity contribution in [2.75, 3.05) is 31.3 Å². The molecule has 0 radical (unpaired) electrons. The Morgan fingerprint density at radius 1 is 1.25 bits per heavy atom. The molecule has 5 rings (SSSR count). The maximum Gasteiger partial charge on any atom is 0.323 e. The minimum Gasteiger partial charge on any atom is -0.462 e. The molecule has 1 fully saturated rings. The summed E-state index contributed by atoms with van der Waals surface area (Å²) in [7, 11) is 3.64. The second-order valence-corrected chi connectivity index (χ2v) is 14.5. The zero-order valence-electron chi connectivity index (χ0n) is 25.4. The lowest BCUT2D eigenvalue weighted by atomic mass is 10.1. The summed E-state index contributed by atoms with van der Waals surface area (Å²) >= 11 is 5.87. The summed E-state index contributed by atoms with van der Waals surface area (Å²) in [4.78, 5) is 27.5. The fraction of sp³-hybridized carbons (Fsp3) is 0.448. The molecule has 1 saturated heterocycles. The number of anilines is 2. The Balaban J connectivity index is 1.40. The van der Waals surface area contributed by atoms with Crippen LogP contribution in [0.2, 0.25) is 0 Å². The molecule has 0 aliphatic carbocycles. The third kappa shape index (κ3) is 6.79. The highest BCUT2D eigenvalue weighted by Gasteiger charge is 2.48. The highest BCUT2D eigenvalue weighted by Crippen LogP contribution is 2.50.